The molecule has 5 rings (SSSR count). The van der Waals surface area contributed by atoms with Crippen LogP contribution in [-0.4, -0.2) is 4.57 Å². The van der Waals surface area contributed by atoms with E-state index in [1.165, 1.54) is 42.0 Å². The number of nitriles is 1. The highest BCUT2D eigenvalue weighted by Crippen LogP contribution is 2.42. The van der Waals surface area contributed by atoms with E-state index in [4.69, 9.17) is 5.26 Å². The molecule has 0 amide bonds. The maximum absolute atomic E-state index is 8.83. The highest BCUT2D eigenvalue weighted by molar-refractivity contribution is 7.26. The van der Waals surface area contributed by atoms with Crippen molar-refractivity contribution < 1.29 is 0 Å². The van der Waals surface area contributed by atoms with Gasteiger partial charge in [0.2, 0.25) is 0 Å². The average Bonchev–Trinajstić information content (AvgIpc) is 3.18. The Hall–Kier alpha value is -3.09. The Kier molecular flexibility index (Phi) is 3.12. The Morgan fingerprint density at radius 1 is 0.880 bits per heavy atom. The molecule has 0 saturated carbocycles. The molecule has 2 aromatic heterocycles. The molecular formula is C22H14N2S. The SMILES string of the molecule is N#CC/C=C/n1c2ccccc2c2c3sc4ccccc4c3ccc21. The summed E-state index contributed by atoms with van der Waals surface area (Å²) in [4.78, 5) is 0. The van der Waals surface area contributed by atoms with Gasteiger partial charge in [0, 0.05) is 37.1 Å². The standard InChI is InChI=1S/C22H14N2S/c23-13-5-6-14-24-18-9-3-1-8-17(18)21-19(24)12-11-16-15-7-2-4-10-20(15)25-22(16)21/h1-4,6-12,14H,5H2/b14-6+. The quantitative estimate of drug-likeness (QED) is 0.359. The number of benzene rings is 3. The van der Waals surface area contributed by atoms with Crippen molar-refractivity contribution in [1.82, 2.24) is 4.57 Å². The van der Waals surface area contributed by atoms with Gasteiger partial charge in [-0.2, -0.15) is 5.26 Å². The van der Waals surface area contributed by atoms with Crippen molar-refractivity contribution >= 4 is 59.5 Å². The first-order valence-electron chi connectivity index (χ1n) is 8.25. The molecule has 0 radical (unpaired) electrons. The fourth-order valence-corrected chi connectivity index (χ4v) is 4.89. The van der Waals surface area contributed by atoms with Gasteiger partial charge >= 0.3 is 0 Å². The monoisotopic (exact) mass is 338 g/mol. The van der Waals surface area contributed by atoms with Crippen LogP contribution in [0.4, 0.5) is 0 Å². The third kappa shape index (κ3) is 2.02. The molecule has 0 atom stereocenters. The van der Waals surface area contributed by atoms with Crippen LogP contribution in [-0.2, 0) is 0 Å². The van der Waals surface area contributed by atoms with Gasteiger partial charge in [0.1, 0.15) is 0 Å². The Labute approximate surface area is 148 Å². The van der Waals surface area contributed by atoms with Crippen LogP contribution in [0, 0.1) is 11.3 Å². The highest BCUT2D eigenvalue weighted by atomic mass is 32.1. The zero-order valence-electron chi connectivity index (χ0n) is 13.4. The van der Waals surface area contributed by atoms with Crippen LogP contribution in [0.5, 0.6) is 0 Å². The first-order valence-corrected chi connectivity index (χ1v) is 9.06. The number of aromatic nitrogens is 1. The van der Waals surface area contributed by atoms with E-state index in [2.05, 4.69) is 71.3 Å². The first-order chi connectivity index (χ1) is 12.4. The Bertz CT molecular complexity index is 1330. The molecule has 25 heavy (non-hydrogen) atoms. The van der Waals surface area contributed by atoms with Crippen LogP contribution in [0.25, 0.3) is 48.2 Å². The number of para-hydroxylation sites is 1. The maximum atomic E-state index is 8.83. The summed E-state index contributed by atoms with van der Waals surface area (Å²) in [6, 6.07) is 23.7. The smallest absolute Gasteiger partial charge is 0.0663 e. The minimum atomic E-state index is 0.416. The number of hydrogen-bond acceptors (Lipinski definition) is 2. The average molecular weight is 338 g/mol. The summed E-state index contributed by atoms with van der Waals surface area (Å²) >= 11 is 1.86. The molecule has 0 spiro atoms. The summed E-state index contributed by atoms with van der Waals surface area (Å²) in [5.41, 5.74) is 2.37. The molecule has 0 aliphatic carbocycles. The van der Waals surface area contributed by atoms with Crippen LogP contribution in [0.15, 0.2) is 66.7 Å². The molecule has 2 heterocycles. The van der Waals surface area contributed by atoms with E-state index in [1.54, 1.807) is 0 Å². The van der Waals surface area contributed by atoms with E-state index in [1.807, 2.05) is 23.6 Å². The van der Waals surface area contributed by atoms with Crippen LogP contribution in [0.3, 0.4) is 0 Å². The van der Waals surface area contributed by atoms with Gasteiger partial charge in [0.15, 0.2) is 0 Å². The first kappa shape index (κ1) is 14.3. The predicted molar refractivity (Wildman–Crippen MR) is 108 cm³/mol. The zero-order chi connectivity index (χ0) is 16.8. The predicted octanol–water partition coefficient (Wildman–Crippen LogP) is 6.55. The molecule has 118 valence electrons. The summed E-state index contributed by atoms with van der Waals surface area (Å²) in [7, 11) is 0. The molecule has 5 aromatic rings. The molecule has 0 unspecified atom stereocenters. The fraction of sp³-hybridized carbons (Fsp3) is 0.0455. The Morgan fingerprint density at radius 3 is 2.56 bits per heavy atom. The molecule has 0 saturated heterocycles. The molecule has 3 heteroatoms. The number of hydrogen-bond donors (Lipinski definition) is 0. The normalized spacial score (nSPS) is 12.0. The lowest BCUT2D eigenvalue weighted by atomic mass is 10.1. The van der Waals surface area contributed by atoms with Gasteiger partial charge in [0.25, 0.3) is 0 Å². The summed E-state index contributed by atoms with van der Waals surface area (Å²) < 4.78 is 4.86. The largest absolute Gasteiger partial charge is 0.316 e. The van der Waals surface area contributed by atoms with E-state index in [0.717, 1.165) is 0 Å². The summed E-state index contributed by atoms with van der Waals surface area (Å²) in [5, 5.41) is 14.0. The van der Waals surface area contributed by atoms with Crippen molar-refractivity contribution in [2.45, 2.75) is 6.42 Å². The highest BCUT2D eigenvalue weighted by Gasteiger charge is 2.14. The Morgan fingerprint density at radius 2 is 1.68 bits per heavy atom. The van der Waals surface area contributed by atoms with E-state index in [0.29, 0.717) is 6.42 Å². The Balaban J connectivity index is 1.98. The molecule has 2 nitrogen and oxygen atoms in total. The molecular weight excluding hydrogens is 324 g/mol. The topological polar surface area (TPSA) is 28.7 Å². The van der Waals surface area contributed by atoms with Gasteiger partial charge in [-0.15, -0.1) is 11.3 Å². The number of fused-ring (bicyclic) bond motifs is 7. The number of allylic oxidation sites excluding steroid dienone is 1. The van der Waals surface area contributed by atoms with Gasteiger partial charge < -0.3 is 4.57 Å². The minimum absolute atomic E-state index is 0.416. The minimum Gasteiger partial charge on any atom is -0.316 e. The van der Waals surface area contributed by atoms with E-state index in [9.17, 15) is 0 Å². The van der Waals surface area contributed by atoms with Gasteiger partial charge in [0.05, 0.1) is 23.5 Å². The van der Waals surface area contributed by atoms with Crippen LogP contribution in [0.2, 0.25) is 0 Å². The third-order valence-electron chi connectivity index (χ3n) is 4.68. The van der Waals surface area contributed by atoms with Crippen molar-refractivity contribution in [3.05, 3.63) is 66.7 Å². The third-order valence-corrected chi connectivity index (χ3v) is 5.89. The fourth-order valence-electron chi connectivity index (χ4n) is 3.64. The molecule has 0 bridgehead atoms. The number of nitrogens with zero attached hydrogens (tertiary/aromatic N) is 2. The second kappa shape index (κ2) is 5.47. The van der Waals surface area contributed by atoms with Gasteiger partial charge in [-0.05, 0) is 18.2 Å². The second-order valence-electron chi connectivity index (χ2n) is 6.07. The molecule has 0 N–H and O–H groups in total. The van der Waals surface area contributed by atoms with Crippen LogP contribution in [0.1, 0.15) is 6.42 Å². The summed E-state index contributed by atoms with van der Waals surface area (Å²) in [5.74, 6) is 0. The van der Waals surface area contributed by atoms with E-state index in [-0.39, 0.29) is 0 Å². The maximum Gasteiger partial charge on any atom is 0.0663 e. The van der Waals surface area contributed by atoms with E-state index >= 15 is 0 Å². The second-order valence-corrected chi connectivity index (χ2v) is 7.12. The van der Waals surface area contributed by atoms with Crippen molar-refractivity contribution in [3.63, 3.8) is 0 Å². The summed E-state index contributed by atoms with van der Waals surface area (Å²) in [6.07, 6.45) is 4.35. The molecule has 0 aliphatic rings. The summed E-state index contributed by atoms with van der Waals surface area (Å²) in [6.45, 7) is 0. The lowest BCUT2D eigenvalue weighted by molar-refractivity contribution is 1.26. The lowest BCUT2D eigenvalue weighted by Gasteiger charge is -2.00. The van der Waals surface area contributed by atoms with Crippen molar-refractivity contribution in [2.24, 2.45) is 0 Å². The molecule has 3 aromatic carbocycles. The van der Waals surface area contributed by atoms with Crippen LogP contribution >= 0.6 is 11.3 Å². The number of thiophene rings is 1. The van der Waals surface area contributed by atoms with Crippen LogP contribution < -0.4 is 0 Å². The lowest BCUT2D eigenvalue weighted by Crippen LogP contribution is -1.84. The van der Waals surface area contributed by atoms with Gasteiger partial charge in [-0.25, -0.2) is 0 Å². The molecule has 0 fully saturated rings. The van der Waals surface area contributed by atoms with Crippen molar-refractivity contribution in [3.8, 4) is 6.07 Å². The van der Waals surface area contributed by atoms with Crippen molar-refractivity contribution in [1.29, 1.82) is 5.26 Å². The van der Waals surface area contributed by atoms with E-state index < -0.39 is 0 Å². The van der Waals surface area contributed by atoms with Gasteiger partial charge in [-0.1, -0.05) is 48.5 Å². The van der Waals surface area contributed by atoms with Crippen molar-refractivity contribution in [2.75, 3.05) is 0 Å². The number of rotatable bonds is 2. The zero-order valence-corrected chi connectivity index (χ0v) is 14.3. The molecule has 0 aliphatic heterocycles. The van der Waals surface area contributed by atoms with Gasteiger partial charge in [-0.3, -0.25) is 0 Å².